The third-order valence-corrected chi connectivity index (χ3v) is 3.58. The fraction of sp³-hybridized carbons (Fsp3) is 0.400. The molecular formula is C15H17N3O6. The first-order chi connectivity index (χ1) is 11.1. The van der Waals surface area contributed by atoms with E-state index in [1.807, 2.05) is 0 Å². The Morgan fingerprint density at radius 2 is 1.92 bits per heavy atom. The second-order valence-electron chi connectivity index (χ2n) is 5.79. The number of imide groups is 1. The number of ether oxygens (including phenoxy) is 1. The van der Waals surface area contributed by atoms with Gasteiger partial charge in [-0.3, -0.25) is 24.6 Å². The van der Waals surface area contributed by atoms with Crippen LogP contribution >= 0.6 is 0 Å². The Labute approximate surface area is 137 Å². The summed E-state index contributed by atoms with van der Waals surface area (Å²) in [6.07, 6.45) is -0.362. The van der Waals surface area contributed by atoms with E-state index in [-0.39, 0.29) is 11.8 Å². The molecule has 1 saturated heterocycles. The molecule has 0 aromatic heterocycles. The molecule has 9 nitrogen and oxygen atoms in total. The van der Waals surface area contributed by atoms with E-state index in [0.29, 0.717) is 5.56 Å². The summed E-state index contributed by atoms with van der Waals surface area (Å²) in [5.41, 5.74) is -1.15. The Hall–Kier alpha value is -2.97. The number of carbonyl (C=O) groups excluding carboxylic acids is 3. The zero-order valence-electron chi connectivity index (χ0n) is 13.4. The molecular weight excluding hydrogens is 318 g/mol. The summed E-state index contributed by atoms with van der Waals surface area (Å²) in [5.74, 6) is -1.32. The molecule has 0 spiro atoms. The van der Waals surface area contributed by atoms with Gasteiger partial charge in [-0.15, -0.1) is 0 Å². The van der Waals surface area contributed by atoms with Crippen LogP contribution in [0.25, 0.3) is 0 Å². The Bertz CT molecular complexity index is 700. The SMILES string of the molecule is CC(C)OC(=O)CN1C(=O)NC(C)(c2ccc([N+](=O)[O-])cc2)C1=O. The number of nitrogens with one attached hydrogen (secondary N) is 1. The number of carbonyl (C=O) groups is 3. The highest BCUT2D eigenvalue weighted by atomic mass is 16.6. The number of amides is 3. The summed E-state index contributed by atoms with van der Waals surface area (Å²) in [7, 11) is 0. The number of benzene rings is 1. The van der Waals surface area contributed by atoms with Crippen molar-refractivity contribution in [3.63, 3.8) is 0 Å². The molecule has 24 heavy (non-hydrogen) atoms. The number of hydrogen-bond donors (Lipinski definition) is 1. The van der Waals surface area contributed by atoms with Crippen molar-refractivity contribution in [3.8, 4) is 0 Å². The molecule has 0 saturated carbocycles. The van der Waals surface area contributed by atoms with Crippen LogP contribution in [0.1, 0.15) is 26.3 Å². The molecule has 1 aliphatic rings. The minimum atomic E-state index is -1.40. The summed E-state index contributed by atoms with van der Waals surface area (Å²) in [4.78, 5) is 47.2. The highest BCUT2D eigenvalue weighted by Gasteiger charge is 2.49. The van der Waals surface area contributed by atoms with Crippen LogP contribution in [0.3, 0.4) is 0 Å². The van der Waals surface area contributed by atoms with Gasteiger partial charge in [-0.25, -0.2) is 4.79 Å². The van der Waals surface area contributed by atoms with Gasteiger partial charge in [0.05, 0.1) is 11.0 Å². The molecule has 3 amide bonds. The third-order valence-electron chi connectivity index (χ3n) is 3.58. The van der Waals surface area contributed by atoms with Gasteiger partial charge in [0.2, 0.25) is 0 Å². The Morgan fingerprint density at radius 1 is 1.33 bits per heavy atom. The van der Waals surface area contributed by atoms with Crippen molar-refractivity contribution in [1.29, 1.82) is 0 Å². The number of esters is 1. The zero-order valence-corrected chi connectivity index (χ0v) is 13.4. The minimum Gasteiger partial charge on any atom is -0.462 e. The first-order valence-electron chi connectivity index (χ1n) is 7.23. The van der Waals surface area contributed by atoms with Crippen LogP contribution in [0, 0.1) is 10.1 Å². The van der Waals surface area contributed by atoms with E-state index < -0.39 is 34.9 Å². The predicted molar refractivity (Wildman–Crippen MR) is 81.9 cm³/mol. The second kappa shape index (κ2) is 6.26. The molecule has 2 rings (SSSR count). The summed E-state index contributed by atoms with van der Waals surface area (Å²) < 4.78 is 4.94. The third kappa shape index (κ3) is 3.19. The maximum atomic E-state index is 12.6. The molecule has 1 aromatic rings. The van der Waals surface area contributed by atoms with Crippen LogP contribution in [-0.4, -0.2) is 40.4 Å². The largest absolute Gasteiger partial charge is 0.462 e. The second-order valence-corrected chi connectivity index (χ2v) is 5.79. The van der Waals surface area contributed by atoms with E-state index in [4.69, 9.17) is 4.74 Å². The van der Waals surface area contributed by atoms with Gasteiger partial charge in [0.15, 0.2) is 0 Å². The lowest BCUT2D eigenvalue weighted by Gasteiger charge is -2.22. The van der Waals surface area contributed by atoms with Gasteiger partial charge in [-0.2, -0.15) is 0 Å². The van der Waals surface area contributed by atoms with E-state index in [9.17, 15) is 24.5 Å². The van der Waals surface area contributed by atoms with Crippen LogP contribution < -0.4 is 5.32 Å². The van der Waals surface area contributed by atoms with Crippen LogP contribution in [0.15, 0.2) is 24.3 Å². The smallest absolute Gasteiger partial charge is 0.326 e. The number of nitro benzene ring substituents is 1. The van der Waals surface area contributed by atoms with Crippen molar-refractivity contribution in [1.82, 2.24) is 10.2 Å². The van der Waals surface area contributed by atoms with E-state index in [0.717, 1.165) is 4.90 Å². The molecule has 9 heteroatoms. The molecule has 1 unspecified atom stereocenters. The van der Waals surface area contributed by atoms with Crippen LogP contribution in [0.5, 0.6) is 0 Å². The first kappa shape index (κ1) is 17.4. The van der Waals surface area contributed by atoms with Crippen molar-refractivity contribution < 1.29 is 24.0 Å². The van der Waals surface area contributed by atoms with E-state index in [1.54, 1.807) is 13.8 Å². The zero-order chi connectivity index (χ0) is 18.1. The number of nitrogens with zero attached hydrogens (tertiary/aromatic N) is 2. The molecule has 128 valence electrons. The summed E-state index contributed by atoms with van der Waals surface area (Å²) >= 11 is 0. The van der Waals surface area contributed by atoms with Gasteiger partial charge in [-0.05, 0) is 38.5 Å². The summed E-state index contributed by atoms with van der Waals surface area (Å²) in [6.45, 7) is 4.29. The topological polar surface area (TPSA) is 119 Å². The Kier molecular flexibility index (Phi) is 4.54. The molecule has 0 radical (unpaired) electrons. The maximum absolute atomic E-state index is 12.6. The highest BCUT2D eigenvalue weighted by Crippen LogP contribution is 2.29. The van der Waals surface area contributed by atoms with Gasteiger partial charge in [0.1, 0.15) is 12.1 Å². The lowest BCUT2D eigenvalue weighted by atomic mass is 9.92. The lowest BCUT2D eigenvalue weighted by molar-refractivity contribution is -0.384. The standard InChI is InChI=1S/C15H17N3O6/c1-9(2)24-12(19)8-17-13(20)15(3,16-14(17)21)10-4-6-11(7-5-10)18(22)23/h4-7,9H,8H2,1-3H3,(H,16,21). The average Bonchev–Trinajstić information content (AvgIpc) is 2.71. The van der Waals surface area contributed by atoms with Crippen molar-refractivity contribution in [3.05, 3.63) is 39.9 Å². The van der Waals surface area contributed by atoms with Gasteiger partial charge in [0, 0.05) is 12.1 Å². The molecule has 1 atom stereocenters. The number of nitro groups is 1. The molecule has 0 aliphatic carbocycles. The monoisotopic (exact) mass is 335 g/mol. The normalized spacial score (nSPS) is 20.2. The number of hydrogen-bond acceptors (Lipinski definition) is 6. The van der Waals surface area contributed by atoms with Gasteiger partial charge in [-0.1, -0.05) is 0 Å². The van der Waals surface area contributed by atoms with Crippen molar-refractivity contribution >= 4 is 23.6 Å². The Balaban J connectivity index is 2.22. The first-order valence-corrected chi connectivity index (χ1v) is 7.23. The molecule has 1 N–H and O–H groups in total. The molecule has 1 aliphatic heterocycles. The van der Waals surface area contributed by atoms with Crippen LogP contribution in [-0.2, 0) is 19.9 Å². The minimum absolute atomic E-state index is 0.128. The summed E-state index contributed by atoms with van der Waals surface area (Å²) in [6, 6.07) is 4.56. The Morgan fingerprint density at radius 3 is 2.42 bits per heavy atom. The van der Waals surface area contributed by atoms with Gasteiger partial charge in [0.25, 0.3) is 11.6 Å². The quantitative estimate of drug-likeness (QED) is 0.375. The van der Waals surface area contributed by atoms with E-state index in [2.05, 4.69) is 5.32 Å². The van der Waals surface area contributed by atoms with E-state index >= 15 is 0 Å². The summed E-state index contributed by atoms with van der Waals surface area (Å²) in [5, 5.41) is 13.2. The molecule has 1 heterocycles. The van der Waals surface area contributed by atoms with Gasteiger partial charge < -0.3 is 10.1 Å². The predicted octanol–water partition coefficient (Wildman–Crippen LogP) is 1.31. The average molecular weight is 335 g/mol. The molecule has 0 bridgehead atoms. The maximum Gasteiger partial charge on any atom is 0.326 e. The number of rotatable bonds is 5. The highest BCUT2D eigenvalue weighted by molar-refractivity contribution is 6.08. The van der Waals surface area contributed by atoms with Crippen LogP contribution in [0.2, 0.25) is 0 Å². The lowest BCUT2D eigenvalue weighted by Crippen LogP contribution is -2.41. The van der Waals surface area contributed by atoms with E-state index in [1.165, 1.54) is 31.2 Å². The van der Waals surface area contributed by atoms with Crippen LogP contribution in [0.4, 0.5) is 10.5 Å². The van der Waals surface area contributed by atoms with Crippen molar-refractivity contribution in [2.75, 3.05) is 6.54 Å². The number of non-ortho nitro benzene ring substituents is 1. The fourth-order valence-corrected chi connectivity index (χ4v) is 2.38. The molecule has 1 fully saturated rings. The van der Waals surface area contributed by atoms with Gasteiger partial charge >= 0.3 is 12.0 Å². The molecule has 1 aromatic carbocycles. The fourth-order valence-electron chi connectivity index (χ4n) is 2.38. The van der Waals surface area contributed by atoms with Crippen molar-refractivity contribution in [2.45, 2.75) is 32.4 Å². The number of urea groups is 1. The van der Waals surface area contributed by atoms with Crippen molar-refractivity contribution in [2.24, 2.45) is 0 Å².